The molecule has 1 saturated carbocycles. The van der Waals surface area contributed by atoms with E-state index in [0.29, 0.717) is 37.8 Å². The van der Waals surface area contributed by atoms with E-state index >= 15 is 0 Å². The van der Waals surface area contributed by atoms with E-state index in [9.17, 15) is 14.0 Å². The number of likely N-dealkylation sites (tertiary alicyclic amines) is 2. The first kappa shape index (κ1) is 32.9. The number of carbonyl (C=O) groups is 2. The Morgan fingerprint density at radius 1 is 1.20 bits per heavy atom. The lowest BCUT2D eigenvalue weighted by molar-refractivity contribution is -0.137. The molecule has 0 spiro atoms. The molecule has 2 aliphatic heterocycles. The highest BCUT2D eigenvalue weighted by Gasteiger charge is 2.35. The van der Waals surface area contributed by atoms with E-state index < -0.39 is 5.67 Å². The van der Waals surface area contributed by atoms with Gasteiger partial charge >= 0.3 is 0 Å². The zero-order valence-corrected chi connectivity index (χ0v) is 26.1. The SMILES string of the molecule is C=C(NC(C(=CCC)C1CC1)C(S)/C=C\CCCCC[C@@H](C=O)CC(=O)N1CCCC(C)(F)C1)C1CCCN1C. The first-order valence-corrected chi connectivity index (χ1v) is 16.3. The van der Waals surface area contributed by atoms with Gasteiger partial charge in [-0.3, -0.25) is 9.69 Å². The molecule has 7 heteroatoms. The molecule has 226 valence electrons. The molecular formula is C33H54FN3O2S. The van der Waals surface area contributed by atoms with Gasteiger partial charge < -0.3 is 15.0 Å². The number of hydrogen-bond donors (Lipinski definition) is 2. The van der Waals surface area contributed by atoms with Gasteiger partial charge in [-0.05, 0) is 96.2 Å². The van der Waals surface area contributed by atoms with Crippen LogP contribution in [0.25, 0.3) is 0 Å². The van der Waals surface area contributed by atoms with E-state index in [-0.39, 0.29) is 36.1 Å². The van der Waals surface area contributed by atoms with Gasteiger partial charge in [-0.2, -0.15) is 12.6 Å². The summed E-state index contributed by atoms with van der Waals surface area (Å²) in [6.07, 6.45) is 19.8. The van der Waals surface area contributed by atoms with Gasteiger partial charge in [0, 0.05) is 35.9 Å². The number of carbonyl (C=O) groups excluding carboxylic acids is 2. The molecule has 4 unspecified atom stereocenters. The van der Waals surface area contributed by atoms with Crippen LogP contribution in [0.5, 0.6) is 0 Å². The number of amides is 1. The van der Waals surface area contributed by atoms with Crippen LogP contribution >= 0.6 is 12.6 Å². The quantitative estimate of drug-likeness (QED) is 0.0882. The van der Waals surface area contributed by atoms with Crippen molar-refractivity contribution in [2.24, 2.45) is 11.8 Å². The number of unbranched alkanes of at least 4 members (excludes halogenated alkanes) is 3. The highest BCUT2D eigenvalue weighted by molar-refractivity contribution is 7.81. The van der Waals surface area contributed by atoms with Gasteiger partial charge in [-0.25, -0.2) is 4.39 Å². The Morgan fingerprint density at radius 2 is 1.98 bits per heavy atom. The lowest BCUT2D eigenvalue weighted by Gasteiger charge is -2.35. The molecule has 5 nitrogen and oxygen atoms in total. The fourth-order valence-electron chi connectivity index (χ4n) is 6.38. The third kappa shape index (κ3) is 10.3. The predicted molar refractivity (Wildman–Crippen MR) is 167 cm³/mol. The number of nitrogens with zero attached hydrogens (tertiary/aromatic N) is 2. The van der Waals surface area contributed by atoms with Crippen molar-refractivity contribution in [3.05, 3.63) is 36.1 Å². The molecule has 2 saturated heterocycles. The molecule has 2 heterocycles. The number of alkyl halides is 1. The fraction of sp³-hybridized carbons (Fsp3) is 0.758. The summed E-state index contributed by atoms with van der Waals surface area (Å²) in [5.74, 6) is 0.308. The van der Waals surface area contributed by atoms with Crippen molar-refractivity contribution in [3.8, 4) is 0 Å². The second-order valence-corrected chi connectivity index (χ2v) is 13.3. The normalized spacial score (nSPS) is 26.6. The fourth-order valence-corrected chi connectivity index (χ4v) is 6.75. The van der Waals surface area contributed by atoms with E-state index in [1.807, 2.05) is 0 Å². The Bertz CT molecular complexity index is 900. The Morgan fingerprint density at radius 3 is 2.60 bits per heavy atom. The zero-order valence-electron chi connectivity index (χ0n) is 25.3. The Balaban J connectivity index is 1.42. The largest absolute Gasteiger partial charge is 0.380 e. The number of halogens is 1. The van der Waals surface area contributed by atoms with Crippen LogP contribution in [0.1, 0.15) is 97.3 Å². The van der Waals surface area contributed by atoms with Crippen LogP contribution in [-0.2, 0) is 9.59 Å². The summed E-state index contributed by atoms with van der Waals surface area (Å²) < 4.78 is 14.3. The second kappa shape index (κ2) is 16.1. The van der Waals surface area contributed by atoms with E-state index in [1.165, 1.54) is 24.8 Å². The van der Waals surface area contributed by atoms with Crippen LogP contribution in [0.15, 0.2) is 36.1 Å². The molecule has 3 fully saturated rings. The lowest BCUT2D eigenvalue weighted by atomic mass is 9.94. The van der Waals surface area contributed by atoms with Crippen molar-refractivity contribution in [1.29, 1.82) is 0 Å². The van der Waals surface area contributed by atoms with E-state index in [0.717, 1.165) is 57.1 Å². The Labute approximate surface area is 248 Å². The van der Waals surface area contributed by atoms with Crippen molar-refractivity contribution in [2.75, 3.05) is 26.7 Å². The molecule has 5 atom stereocenters. The van der Waals surface area contributed by atoms with Crippen molar-refractivity contribution in [3.63, 3.8) is 0 Å². The van der Waals surface area contributed by atoms with Crippen molar-refractivity contribution >= 4 is 24.8 Å². The number of likely N-dealkylation sites (N-methyl/N-ethyl adjacent to an activating group) is 1. The standard InChI is InChI=1S/C33H54FN3O2S/c1-5-13-28(27-17-18-27)32(35-25(2)29-15-11-20-36(29)4)30(40)16-10-8-6-7-9-14-26(23-38)22-31(39)37-21-12-19-33(3,34)24-37/h10,13,16,23,26-27,29-30,32,35,40H,2,5-9,11-12,14-15,17-22,24H2,1,3-4H3/b16-10-,28-13?/t26-,29?,30?,32?,33?/m1/s1. The number of rotatable bonds is 17. The highest BCUT2D eigenvalue weighted by Crippen LogP contribution is 2.40. The second-order valence-electron chi connectivity index (χ2n) is 12.7. The summed E-state index contributed by atoms with van der Waals surface area (Å²) in [6, 6.07) is 0.554. The van der Waals surface area contributed by atoms with Gasteiger partial charge in [0.1, 0.15) is 12.0 Å². The summed E-state index contributed by atoms with van der Waals surface area (Å²) in [5.41, 5.74) is 1.29. The van der Waals surface area contributed by atoms with E-state index in [4.69, 9.17) is 12.6 Å². The van der Waals surface area contributed by atoms with Gasteiger partial charge in [0.25, 0.3) is 0 Å². The zero-order chi connectivity index (χ0) is 29.1. The molecule has 1 amide bonds. The maximum atomic E-state index is 14.3. The van der Waals surface area contributed by atoms with Crippen LogP contribution < -0.4 is 5.32 Å². The predicted octanol–water partition coefficient (Wildman–Crippen LogP) is 6.66. The molecular weight excluding hydrogens is 521 g/mol. The molecule has 40 heavy (non-hydrogen) atoms. The minimum absolute atomic E-state index is 0.0771. The summed E-state index contributed by atoms with van der Waals surface area (Å²) in [4.78, 5) is 28.2. The summed E-state index contributed by atoms with van der Waals surface area (Å²) in [7, 11) is 2.19. The smallest absolute Gasteiger partial charge is 0.223 e. The minimum atomic E-state index is -1.31. The third-order valence-corrected chi connectivity index (χ3v) is 9.33. The number of hydrogen-bond acceptors (Lipinski definition) is 5. The van der Waals surface area contributed by atoms with Crippen LogP contribution in [0.3, 0.4) is 0 Å². The molecule has 1 aliphatic carbocycles. The van der Waals surface area contributed by atoms with Gasteiger partial charge in [0.05, 0.1) is 12.6 Å². The molecule has 0 aromatic heterocycles. The maximum absolute atomic E-state index is 14.3. The molecule has 0 bridgehead atoms. The van der Waals surface area contributed by atoms with Gasteiger partial charge in [0.15, 0.2) is 0 Å². The Hall–Kier alpha value is -1.60. The molecule has 0 aromatic rings. The summed E-state index contributed by atoms with van der Waals surface area (Å²) in [5, 5.41) is 3.88. The number of piperidine rings is 1. The highest BCUT2D eigenvalue weighted by atomic mass is 32.1. The first-order chi connectivity index (χ1) is 19.1. The Kier molecular flexibility index (Phi) is 13.3. The lowest BCUT2D eigenvalue weighted by Crippen LogP contribution is -2.46. The number of aldehydes is 1. The first-order valence-electron chi connectivity index (χ1n) is 15.8. The number of thiol groups is 1. The van der Waals surface area contributed by atoms with Crippen LogP contribution in [0, 0.1) is 11.8 Å². The molecule has 0 aromatic carbocycles. The maximum Gasteiger partial charge on any atom is 0.223 e. The number of allylic oxidation sites excluding steroid dienone is 2. The summed E-state index contributed by atoms with van der Waals surface area (Å²) in [6.45, 7) is 10.1. The van der Waals surface area contributed by atoms with Crippen LogP contribution in [0.4, 0.5) is 4.39 Å². The number of nitrogens with one attached hydrogen (secondary N) is 1. The van der Waals surface area contributed by atoms with Crippen LogP contribution in [0.2, 0.25) is 0 Å². The van der Waals surface area contributed by atoms with Crippen molar-refractivity contribution in [2.45, 2.75) is 120 Å². The topological polar surface area (TPSA) is 52.7 Å². The van der Waals surface area contributed by atoms with E-state index in [1.54, 1.807) is 11.8 Å². The summed E-state index contributed by atoms with van der Waals surface area (Å²) >= 11 is 5.05. The van der Waals surface area contributed by atoms with Crippen LogP contribution in [-0.4, -0.2) is 71.7 Å². The molecule has 3 rings (SSSR count). The monoisotopic (exact) mass is 575 g/mol. The minimum Gasteiger partial charge on any atom is -0.380 e. The molecule has 3 aliphatic rings. The van der Waals surface area contributed by atoms with Crippen molar-refractivity contribution in [1.82, 2.24) is 15.1 Å². The van der Waals surface area contributed by atoms with Gasteiger partial charge in [0.2, 0.25) is 5.91 Å². The van der Waals surface area contributed by atoms with Crippen molar-refractivity contribution < 1.29 is 14.0 Å². The third-order valence-electron chi connectivity index (χ3n) is 8.86. The van der Waals surface area contributed by atoms with Gasteiger partial charge in [-0.15, -0.1) is 0 Å². The average molecular weight is 576 g/mol. The van der Waals surface area contributed by atoms with E-state index in [2.05, 4.69) is 49.0 Å². The molecule has 0 radical (unpaired) electrons. The molecule has 1 N–H and O–H groups in total. The average Bonchev–Trinajstić information content (AvgIpc) is 3.67. The van der Waals surface area contributed by atoms with Gasteiger partial charge in [-0.1, -0.05) is 44.6 Å².